The zero-order chi connectivity index (χ0) is 11.2. The molecule has 82 valence electrons. The summed E-state index contributed by atoms with van der Waals surface area (Å²) < 4.78 is 0. The van der Waals surface area contributed by atoms with Gasteiger partial charge in [0.2, 0.25) is 0 Å². The lowest BCUT2D eigenvalue weighted by Gasteiger charge is -2.07. The summed E-state index contributed by atoms with van der Waals surface area (Å²) >= 11 is 0. The molecule has 0 saturated carbocycles. The first-order chi connectivity index (χ1) is 8.42. The molecule has 0 spiro atoms. The fourth-order valence-electron chi connectivity index (χ4n) is 2.83. The molecule has 1 nitrogen and oxygen atoms in total. The highest BCUT2D eigenvalue weighted by Gasteiger charge is 2.13. The van der Waals surface area contributed by atoms with Gasteiger partial charge in [-0.25, -0.2) is 0 Å². The largest absolute Gasteiger partial charge is 0.384 e. The molecule has 0 unspecified atom stereocenters. The Morgan fingerprint density at radius 1 is 0.824 bits per heavy atom. The number of rotatable bonds is 0. The van der Waals surface area contributed by atoms with E-state index >= 15 is 0 Å². The molecule has 0 aromatic heterocycles. The smallest absolute Gasteiger partial charge is 0.0379 e. The van der Waals surface area contributed by atoms with E-state index in [1.165, 1.54) is 32.8 Å². The topological polar surface area (TPSA) is 12.0 Å². The normalized spacial score (nSPS) is 13.9. The summed E-state index contributed by atoms with van der Waals surface area (Å²) in [5.74, 6) is 0. The van der Waals surface area contributed by atoms with Gasteiger partial charge in [0.1, 0.15) is 0 Å². The van der Waals surface area contributed by atoms with E-state index in [0.717, 1.165) is 13.0 Å². The average molecular weight is 219 g/mol. The fourth-order valence-corrected chi connectivity index (χ4v) is 2.83. The molecule has 0 bridgehead atoms. The van der Waals surface area contributed by atoms with Gasteiger partial charge in [-0.1, -0.05) is 30.3 Å². The van der Waals surface area contributed by atoms with Gasteiger partial charge in [0, 0.05) is 12.2 Å². The maximum absolute atomic E-state index is 3.44. The van der Waals surface area contributed by atoms with Crippen LogP contribution in [0.2, 0.25) is 0 Å². The Morgan fingerprint density at radius 2 is 1.65 bits per heavy atom. The molecule has 3 aromatic carbocycles. The first-order valence-corrected chi connectivity index (χ1v) is 6.10. The molecule has 3 aromatic rings. The maximum atomic E-state index is 3.44. The van der Waals surface area contributed by atoms with Crippen molar-refractivity contribution in [3.8, 4) is 0 Å². The molecule has 1 heterocycles. The van der Waals surface area contributed by atoms with Crippen molar-refractivity contribution in [2.45, 2.75) is 6.42 Å². The first kappa shape index (κ1) is 9.06. The highest BCUT2D eigenvalue weighted by Crippen LogP contribution is 2.32. The Balaban J connectivity index is 2.17. The molecule has 0 aliphatic carbocycles. The molecule has 17 heavy (non-hydrogen) atoms. The zero-order valence-corrected chi connectivity index (χ0v) is 9.53. The third-order valence-corrected chi connectivity index (χ3v) is 3.69. The van der Waals surface area contributed by atoms with Crippen molar-refractivity contribution in [2.24, 2.45) is 0 Å². The minimum atomic E-state index is 1.07. The van der Waals surface area contributed by atoms with Crippen molar-refractivity contribution in [2.75, 3.05) is 11.9 Å². The molecular formula is C16H13N. The third kappa shape index (κ3) is 1.26. The summed E-state index contributed by atoms with van der Waals surface area (Å²) in [6.07, 6.45) is 1.14. The first-order valence-electron chi connectivity index (χ1n) is 6.10. The van der Waals surface area contributed by atoms with Crippen LogP contribution in [0.3, 0.4) is 0 Å². The Kier molecular flexibility index (Phi) is 1.72. The Bertz CT molecular complexity index is 728. The summed E-state index contributed by atoms with van der Waals surface area (Å²) in [5.41, 5.74) is 2.79. The summed E-state index contributed by atoms with van der Waals surface area (Å²) in [7, 11) is 0. The van der Waals surface area contributed by atoms with E-state index in [2.05, 4.69) is 53.8 Å². The van der Waals surface area contributed by atoms with Gasteiger partial charge in [-0.3, -0.25) is 0 Å². The van der Waals surface area contributed by atoms with Gasteiger partial charge < -0.3 is 5.32 Å². The quantitative estimate of drug-likeness (QED) is 0.564. The second-order valence-electron chi connectivity index (χ2n) is 4.69. The lowest BCUT2D eigenvalue weighted by atomic mass is 9.98. The lowest BCUT2D eigenvalue weighted by Crippen LogP contribution is -1.90. The van der Waals surface area contributed by atoms with Crippen molar-refractivity contribution in [1.82, 2.24) is 0 Å². The Hall–Kier alpha value is -2.02. The highest BCUT2D eigenvalue weighted by molar-refractivity contribution is 6.01. The van der Waals surface area contributed by atoms with E-state index in [0.29, 0.717) is 0 Å². The monoisotopic (exact) mass is 219 g/mol. The van der Waals surface area contributed by atoms with Gasteiger partial charge >= 0.3 is 0 Å². The van der Waals surface area contributed by atoms with Gasteiger partial charge in [0.25, 0.3) is 0 Å². The van der Waals surface area contributed by atoms with Crippen molar-refractivity contribution >= 4 is 27.2 Å². The standard InChI is InChI=1S/C16H13N/c1-2-4-12-10-15-13(9-11(12)3-1)5-6-16-14(15)7-8-17-16/h1-6,9-10,17H,7-8H2. The molecule has 1 N–H and O–H groups in total. The van der Waals surface area contributed by atoms with Crippen LogP contribution >= 0.6 is 0 Å². The van der Waals surface area contributed by atoms with E-state index in [1.54, 1.807) is 0 Å². The average Bonchev–Trinajstić information content (AvgIpc) is 2.85. The second kappa shape index (κ2) is 3.24. The summed E-state index contributed by atoms with van der Waals surface area (Å²) in [4.78, 5) is 0. The highest BCUT2D eigenvalue weighted by atomic mass is 14.9. The van der Waals surface area contributed by atoms with Crippen LogP contribution in [-0.2, 0) is 6.42 Å². The Labute approximate surface area is 100 Å². The van der Waals surface area contributed by atoms with Gasteiger partial charge in [0.05, 0.1) is 0 Å². The molecular weight excluding hydrogens is 206 g/mol. The van der Waals surface area contributed by atoms with Crippen LogP contribution in [0.5, 0.6) is 0 Å². The van der Waals surface area contributed by atoms with Crippen LogP contribution < -0.4 is 5.32 Å². The summed E-state index contributed by atoms with van der Waals surface area (Å²) in [5, 5.41) is 8.86. The van der Waals surface area contributed by atoms with Crippen LogP contribution in [0.1, 0.15) is 5.56 Å². The van der Waals surface area contributed by atoms with Crippen LogP contribution in [-0.4, -0.2) is 6.54 Å². The van der Waals surface area contributed by atoms with Gasteiger partial charge in [-0.2, -0.15) is 0 Å². The molecule has 0 saturated heterocycles. The number of hydrogen-bond acceptors (Lipinski definition) is 1. The Morgan fingerprint density at radius 3 is 2.53 bits per heavy atom. The molecule has 1 aliphatic rings. The van der Waals surface area contributed by atoms with E-state index in [9.17, 15) is 0 Å². The van der Waals surface area contributed by atoms with Gasteiger partial charge in [-0.05, 0) is 51.7 Å². The third-order valence-electron chi connectivity index (χ3n) is 3.69. The summed E-state index contributed by atoms with van der Waals surface area (Å²) in [6, 6.07) is 17.6. The van der Waals surface area contributed by atoms with E-state index in [-0.39, 0.29) is 0 Å². The van der Waals surface area contributed by atoms with E-state index in [4.69, 9.17) is 0 Å². The number of benzene rings is 3. The van der Waals surface area contributed by atoms with Crippen LogP contribution in [0.4, 0.5) is 5.69 Å². The van der Waals surface area contributed by atoms with Crippen molar-refractivity contribution in [3.05, 3.63) is 54.1 Å². The predicted octanol–water partition coefficient (Wildman–Crippen LogP) is 3.96. The molecule has 0 fully saturated rings. The number of nitrogens with one attached hydrogen (secondary N) is 1. The zero-order valence-electron chi connectivity index (χ0n) is 9.53. The van der Waals surface area contributed by atoms with Crippen LogP contribution in [0.25, 0.3) is 21.5 Å². The van der Waals surface area contributed by atoms with Gasteiger partial charge in [0.15, 0.2) is 0 Å². The fraction of sp³-hybridized carbons (Fsp3) is 0.125. The number of anilines is 1. The maximum Gasteiger partial charge on any atom is 0.0379 e. The van der Waals surface area contributed by atoms with Crippen LogP contribution in [0, 0.1) is 0 Å². The van der Waals surface area contributed by atoms with E-state index in [1.807, 2.05) is 0 Å². The molecule has 0 amide bonds. The second-order valence-corrected chi connectivity index (χ2v) is 4.69. The van der Waals surface area contributed by atoms with E-state index < -0.39 is 0 Å². The summed E-state index contributed by atoms with van der Waals surface area (Å²) in [6.45, 7) is 1.07. The van der Waals surface area contributed by atoms with Crippen molar-refractivity contribution in [1.29, 1.82) is 0 Å². The molecule has 1 aliphatic heterocycles. The lowest BCUT2D eigenvalue weighted by molar-refractivity contribution is 1.11. The molecule has 4 rings (SSSR count). The van der Waals surface area contributed by atoms with Crippen molar-refractivity contribution in [3.63, 3.8) is 0 Å². The number of hydrogen-bond donors (Lipinski definition) is 1. The number of fused-ring (bicyclic) bond motifs is 4. The molecule has 0 atom stereocenters. The molecule has 0 radical (unpaired) electrons. The predicted molar refractivity (Wildman–Crippen MR) is 73.6 cm³/mol. The van der Waals surface area contributed by atoms with Crippen molar-refractivity contribution < 1.29 is 0 Å². The SMILES string of the molecule is c1ccc2cc3c4c(ccc3cc2c1)NCC4. The van der Waals surface area contributed by atoms with Gasteiger partial charge in [-0.15, -0.1) is 0 Å². The minimum Gasteiger partial charge on any atom is -0.384 e. The molecule has 1 heteroatoms. The van der Waals surface area contributed by atoms with Crippen LogP contribution in [0.15, 0.2) is 48.5 Å². The minimum absolute atomic E-state index is 1.07.